The largest absolute Gasteiger partial charge is 0.374 e. The standard InChI is InChI=1S/C30H38F3N7O/c1-4-10-39(30(41)23-5-8-34-27(25(23)31)28(32)33)11-7-18(2)19(3)21-12-20(13-21)15-40-16-22(14-38-40)26-24-6-9-35-29(24)37-17-36-26/h5-6,8-9,14,16-21,28,30,41H,4,7,10-13,15H2,1-3H3,(H,35,36,37). The molecule has 8 nitrogen and oxygen atoms in total. The zero-order chi connectivity index (χ0) is 29.1. The number of aliphatic hydroxyl groups is 1. The van der Waals surface area contributed by atoms with Gasteiger partial charge >= 0.3 is 0 Å². The Labute approximate surface area is 238 Å². The van der Waals surface area contributed by atoms with Crippen molar-refractivity contribution in [2.45, 2.75) is 65.7 Å². The van der Waals surface area contributed by atoms with Crippen LogP contribution in [0.15, 0.2) is 43.2 Å². The molecule has 11 heteroatoms. The Morgan fingerprint density at radius 2 is 1.95 bits per heavy atom. The lowest BCUT2D eigenvalue weighted by atomic mass is 9.65. The molecule has 0 amide bonds. The number of fused-ring (bicyclic) bond motifs is 1. The molecular weight excluding hydrogens is 531 g/mol. The maximum absolute atomic E-state index is 14.6. The van der Waals surface area contributed by atoms with E-state index >= 15 is 0 Å². The van der Waals surface area contributed by atoms with E-state index in [0.29, 0.717) is 36.8 Å². The van der Waals surface area contributed by atoms with Crippen LogP contribution in [0, 0.1) is 29.5 Å². The minimum Gasteiger partial charge on any atom is -0.374 e. The molecule has 4 aromatic rings. The van der Waals surface area contributed by atoms with E-state index in [2.05, 4.69) is 45.1 Å². The van der Waals surface area contributed by atoms with Crippen molar-refractivity contribution in [1.29, 1.82) is 0 Å². The molecule has 0 radical (unpaired) electrons. The van der Waals surface area contributed by atoms with Gasteiger partial charge in [0.25, 0.3) is 6.43 Å². The smallest absolute Gasteiger partial charge is 0.283 e. The molecule has 1 aliphatic carbocycles. The number of aliphatic hydroxyl groups excluding tert-OH is 1. The molecule has 0 bridgehead atoms. The highest BCUT2D eigenvalue weighted by Gasteiger charge is 2.35. The summed E-state index contributed by atoms with van der Waals surface area (Å²) in [7, 11) is 0. The number of hydrogen-bond acceptors (Lipinski definition) is 6. The number of alkyl halides is 2. The van der Waals surface area contributed by atoms with Gasteiger partial charge in [0, 0.05) is 54.7 Å². The molecule has 2 N–H and O–H groups in total. The third kappa shape index (κ3) is 6.30. The van der Waals surface area contributed by atoms with Crippen LogP contribution in [0.2, 0.25) is 0 Å². The predicted octanol–water partition coefficient (Wildman–Crippen LogP) is 6.38. The highest BCUT2D eigenvalue weighted by atomic mass is 19.3. The summed E-state index contributed by atoms with van der Waals surface area (Å²) in [6.07, 6.45) is 7.99. The van der Waals surface area contributed by atoms with Gasteiger partial charge in [0.05, 0.1) is 11.9 Å². The molecule has 1 aliphatic rings. The number of hydrogen-bond donors (Lipinski definition) is 2. The molecule has 0 spiro atoms. The number of aromatic amines is 1. The first kappa shape index (κ1) is 29.2. The van der Waals surface area contributed by atoms with E-state index in [9.17, 15) is 18.3 Å². The number of pyridine rings is 1. The fraction of sp³-hybridized carbons (Fsp3) is 0.533. The third-order valence-electron chi connectivity index (χ3n) is 8.78. The molecule has 41 heavy (non-hydrogen) atoms. The summed E-state index contributed by atoms with van der Waals surface area (Å²) in [6.45, 7) is 8.44. The maximum atomic E-state index is 14.6. The van der Waals surface area contributed by atoms with Crippen LogP contribution in [-0.4, -0.2) is 52.8 Å². The molecular formula is C30H38F3N7O. The Balaban J connectivity index is 1.12. The van der Waals surface area contributed by atoms with E-state index in [4.69, 9.17) is 0 Å². The Hall–Kier alpha value is -3.31. The van der Waals surface area contributed by atoms with Crippen LogP contribution < -0.4 is 0 Å². The first-order valence-corrected chi connectivity index (χ1v) is 14.4. The second kappa shape index (κ2) is 12.7. The minimum atomic E-state index is -3.03. The fourth-order valence-electron chi connectivity index (χ4n) is 6.08. The van der Waals surface area contributed by atoms with Gasteiger partial charge in [0.2, 0.25) is 0 Å². The highest BCUT2D eigenvalue weighted by molar-refractivity contribution is 5.89. The van der Waals surface area contributed by atoms with E-state index in [1.165, 1.54) is 6.07 Å². The Morgan fingerprint density at radius 3 is 2.71 bits per heavy atom. The highest BCUT2D eigenvalue weighted by Crippen LogP contribution is 2.43. The zero-order valence-electron chi connectivity index (χ0n) is 23.7. The summed E-state index contributed by atoms with van der Waals surface area (Å²) in [5.41, 5.74) is 1.60. The molecule has 1 fully saturated rings. The van der Waals surface area contributed by atoms with Gasteiger partial charge in [0.1, 0.15) is 23.9 Å². The van der Waals surface area contributed by atoms with E-state index in [-0.39, 0.29) is 5.56 Å². The van der Waals surface area contributed by atoms with Crippen LogP contribution in [0.1, 0.15) is 70.4 Å². The number of nitrogens with zero attached hydrogens (tertiary/aromatic N) is 6. The predicted molar refractivity (Wildman–Crippen MR) is 150 cm³/mol. The van der Waals surface area contributed by atoms with Crippen molar-refractivity contribution in [3.63, 3.8) is 0 Å². The summed E-state index contributed by atoms with van der Waals surface area (Å²) >= 11 is 0. The average molecular weight is 570 g/mol. The van der Waals surface area contributed by atoms with E-state index in [1.54, 1.807) is 11.2 Å². The van der Waals surface area contributed by atoms with E-state index < -0.39 is 24.2 Å². The molecule has 220 valence electrons. The molecule has 4 heterocycles. The van der Waals surface area contributed by atoms with Crippen molar-refractivity contribution in [3.8, 4) is 11.3 Å². The maximum Gasteiger partial charge on any atom is 0.283 e. The molecule has 0 aromatic carbocycles. The molecule has 3 unspecified atom stereocenters. The summed E-state index contributed by atoms with van der Waals surface area (Å²) < 4.78 is 42.9. The van der Waals surface area contributed by atoms with Gasteiger partial charge in [-0.15, -0.1) is 0 Å². The normalized spacial score (nSPS) is 19.5. The van der Waals surface area contributed by atoms with Gasteiger partial charge in [-0.1, -0.05) is 20.8 Å². The molecule has 4 aromatic heterocycles. The van der Waals surface area contributed by atoms with Crippen LogP contribution in [0.5, 0.6) is 0 Å². The summed E-state index contributed by atoms with van der Waals surface area (Å²) in [5.74, 6) is 0.937. The second-order valence-electron chi connectivity index (χ2n) is 11.4. The van der Waals surface area contributed by atoms with E-state index in [0.717, 1.165) is 60.7 Å². The number of nitrogens with one attached hydrogen (secondary N) is 1. The first-order chi connectivity index (χ1) is 19.8. The van der Waals surface area contributed by atoms with E-state index in [1.807, 2.05) is 30.1 Å². The van der Waals surface area contributed by atoms with Gasteiger partial charge in [-0.3, -0.25) is 14.6 Å². The molecule has 5 rings (SSSR count). The summed E-state index contributed by atoms with van der Waals surface area (Å²) in [5, 5.41) is 16.5. The quantitative estimate of drug-likeness (QED) is 0.181. The lowest BCUT2D eigenvalue weighted by Gasteiger charge is -2.42. The van der Waals surface area contributed by atoms with Gasteiger partial charge in [-0.2, -0.15) is 5.10 Å². The topological polar surface area (TPSA) is 95.8 Å². The second-order valence-corrected chi connectivity index (χ2v) is 11.4. The Morgan fingerprint density at radius 1 is 1.15 bits per heavy atom. The van der Waals surface area contributed by atoms with Crippen molar-refractivity contribution in [3.05, 3.63) is 60.3 Å². The monoisotopic (exact) mass is 569 g/mol. The van der Waals surface area contributed by atoms with Gasteiger partial charge in [-0.05, 0) is 61.5 Å². The Bertz CT molecular complexity index is 1430. The molecule has 3 atom stereocenters. The summed E-state index contributed by atoms with van der Waals surface area (Å²) in [4.78, 5) is 17.1. The fourth-order valence-corrected chi connectivity index (χ4v) is 6.08. The minimum absolute atomic E-state index is 0.148. The number of aromatic nitrogens is 6. The van der Waals surface area contributed by atoms with Crippen LogP contribution in [0.25, 0.3) is 22.3 Å². The lowest BCUT2D eigenvalue weighted by molar-refractivity contribution is -0.00850. The van der Waals surface area contributed by atoms with Crippen LogP contribution >= 0.6 is 0 Å². The van der Waals surface area contributed by atoms with Gasteiger partial charge in [0.15, 0.2) is 5.82 Å². The van der Waals surface area contributed by atoms with Crippen LogP contribution in [-0.2, 0) is 6.54 Å². The van der Waals surface area contributed by atoms with Gasteiger partial charge < -0.3 is 10.1 Å². The number of H-pyrrole nitrogens is 1. The van der Waals surface area contributed by atoms with Crippen molar-refractivity contribution >= 4 is 11.0 Å². The molecule has 0 saturated heterocycles. The third-order valence-corrected chi connectivity index (χ3v) is 8.78. The van der Waals surface area contributed by atoms with Crippen molar-refractivity contribution in [2.75, 3.05) is 13.1 Å². The average Bonchev–Trinajstić information content (AvgIpc) is 3.61. The zero-order valence-corrected chi connectivity index (χ0v) is 23.7. The Kier molecular flexibility index (Phi) is 9.03. The van der Waals surface area contributed by atoms with Crippen LogP contribution in [0.3, 0.4) is 0 Å². The number of halogens is 3. The number of rotatable bonds is 13. The molecule has 1 saturated carbocycles. The summed E-state index contributed by atoms with van der Waals surface area (Å²) in [6, 6.07) is 3.26. The van der Waals surface area contributed by atoms with Crippen molar-refractivity contribution in [1.82, 2.24) is 34.6 Å². The van der Waals surface area contributed by atoms with Crippen molar-refractivity contribution < 1.29 is 18.3 Å². The van der Waals surface area contributed by atoms with Crippen LogP contribution in [0.4, 0.5) is 13.2 Å². The molecule has 0 aliphatic heterocycles. The SMILES string of the molecule is CCCN(CCC(C)C(C)C1CC(Cn2cc(-c3ncnc4[nH]ccc34)cn2)C1)C(O)c1ccnc(C(F)F)c1F. The van der Waals surface area contributed by atoms with Gasteiger partial charge in [-0.25, -0.2) is 23.1 Å². The van der Waals surface area contributed by atoms with Crippen molar-refractivity contribution in [2.24, 2.45) is 23.7 Å². The lowest BCUT2D eigenvalue weighted by Crippen LogP contribution is -2.36. The first-order valence-electron chi connectivity index (χ1n) is 14.4.